The van der Waals surface area contributed by atoms with Gasteiger partial charge in [0.2, 0.25) is 0 Å². The van der Waals surface area contributed by atoms with Crippen LogP contribution in [0, 0.1) is 5.92 Å². The number of amides is 3. The Balaban J connectivity index is 1.59. The molecule has 0 aromatic heterocycles. The summed E-state index contributed by atoms with van der Waals surface area (Å²) in [7, 11) is 0. The predicted octanol–water partition coefficient (Wildman–Crippen LogP) is 1.02. The molecule has 4 aliphatic rings. The van der Waals surface area contributed by atoms with Crippen LogP contribution in [0.15, 0.2) is 0 Å². The van der Waals surface area contributed by atoms with E-state index in [-0.39, 0.29) is 11.7 Å². The molecule has 3 atom stereocenters. The molecular weight excluding hydrogens is 234 g/mol. The van der Waals surface area contributed by atoms with Crippen molar-refractivity contribution in [2.24, 2.45) is 5.92 Å². The maximum absolute atomic E-state index is 12.0. The summed E-state index contributed by atoms with van der Waals surface area (Å²) >= 11 is 0. The van der Waals surface area contributed by atoms with Crippen molar-refractivity contribution in [1.82, 2.24) is 15.5 Å². The van der Waals surface area contributed by atoms with Crippen LogP contribution >= 0.6 is 0 Å². The molecule has 4 fully saturated rings. The van der Waals surface area contributed by atoms with Gasteiger partial charge in [-0.1, -0.05) is 0 Å². The van der Waals surface area contributed by atoms with Crippen LogP contribution < -0.4 is 10.6 Å². The zero-order chi connectivity index (χ0) is 13.1. The molecule has 100 valence electrons. The fraction of sp³-hybridized carbons (Fsp3) is 0.833. The van der Waals surface area contributed by atoms with Crippen LogP contribution in [0.3, 0.4) is 0 Å². The predicted molar refractivity (Wildman–Crippen MR) is 63.9 cm³/mol. The molecule has 6 nitrogen and oxygen atoms in total. The first-order chi connectivity index (χ1) is 8.31. The molecule has 1 aliphatic carbocycles. The second-order valence-corrected chi connectivity index (χ2v) is 6.45. The lowest BCUT2D eigenvalue weighted by Gasteiger charge is -2.54. The Morgan fingerprint density at radius 3 is 2.56 bits per heavy atom. The summed E-state index contributed by atoms with van der Waals surface area (Å²) in [5, 5.41) is 5.67. The van der Waals surface area contributed by atoms with Crippen molar-refractivity contribution in [3.05, 3.63) is 0 Å². The first-order valence-electron chi connectivity index (χ1n) is 6.39. The monoisotopic (exact) mass is 253 g/mol. The lowest BCUT2D eigenvalue weighted by atomic mass is 9.91. The molecule has 1 saturated carbocycles. The van der Waals surface area contributed by atoms with Crippen molar-refractivity contribution in [2.45, 2.75) is 50.9 Å². The van der Waals surface area contributed by atoms with E-state index in [0.717, 1.165) is 19.4 Å². The normalized spacial score (nSPS) is 36.3. The molecule has 4 rings (SSSR count). The molecule has 3 aliphatic heterocycles. The Morgan fingerprint density at radius 2 is 2.11 bits per heavy atom. The Morgan fingerprint density at radius 1 is 1.39 bits per heavy atom. The van der Waals surface area contributed by atoms with Crippen LogP contribution in [0.25, 0.3) is 0 Å². The number of carbonyl (C=O) groups excluding carboxylic acids is 2. The van der Waals surface area contributed by atoms with E-state index in [2.05, 4.69) is 10.6 Å². The third kappa shape index (κ3) is 1.59. The minimum Gasteiger partial charge on any atom is -0.443 e. The molecule has 0 aromatic carbocycles. The van der Waals surface area contributed by atoms with Gasteiger partial charge >= 0.3 is 12.1 Å². The van der Waals surface area contributed by atoms with E-state index in [1.54, 1.807) is 25.7 Å². The molecule has 3 heterocycles. The maximum atomic E-state index is 12.0. The van der Waals surface area contributed by atoms with Crippen LogP contribution in [0.4, 0.5) is 9.59 Å². The highest BCUT2D eigenvalue weighted by molar-refractivity contribution is 5.92. The summed E-state index contributed by atoms with van der Waals surface area (Å²) in [6.45, 7) is 6.30. The summed E-state index contributed by atoms with van der Waals surface area (Å²) in [5.41, 5.74) is -0.769. The van der Waals surface area contributed by atoms with Crippen molar-refractivity contribution in [3.8, 4) is 0 Å². The third-order valence-corrected chi connectivity index (χ3v) is 4.00. The zero-order valence-corrected chi connectivity index (χ0v) is 10.9. The minimum atomic E-state index is -0.675. The highest BCUT2D eigenvalue weighted by Crippen LogP contribution is 2.55. The SMILES string of the molecule is CC(C)(C)OC(=O)NC(=O)N1C2CC13CC2CN3. The quantitative estimate of drug-likeness (QED) is 0.676. The van der Waals surface area contributed by atoms with E-state index >= 15 is 0 Å². The fourth-order valence-electron chi connectivity index (χ4n) is 3.42. The van der Waals surface area contributed by atoms with Gasteiger partial charge in [-0.2, -0.15) is 0 Å². The smallest absolute Gasteiger partial charge is 0.415 e. The molecule has 18 heavy (non-hydrogen) atoms. The van der Waals surface area contributed by atoms with Crippen molar-refractivity contribution in [1.29, 1.82) is 0 Å². The molecule has 6 heteroatoms. The van der Waals surface area contributed by atoms with Gasteiger partial charge in [-0.25, -0.2) is 14.9 Å². The molecular formula is C12H19N3O3. The van der Waals surface area contributed by atoms with Gasteiger partial charge in [0.05, 0.1) is 5.66 Å². The largest absolute Gasteiger partial charge is 0.443 e. The molecule has 3 unspecified atom stereocenters. The lowest BCUT2D eigenvalue weighted by molar-refractivity contribution is -0.0252. The fourth-order valence-corrected chi connectivity index (χ4v) is 3.42. The molecule has 0 radical (unpaired) electrons. The number of ether oxygens (including phenoxy) is 1. The second kappa shape index (κ2) is 3.38. The van der Waals surface area contributed by atoms with Gasteiger partial charge in [-0.3, -0.25) is 5.32 Å². The number of rotatable bonds is 0. The minimum absolute atomic E-state index is 0.179. The first kappa shape index (κ1) is 11.8. The number of imide groups is 1. The number of nitrogens with zero attached hydrogens (tertiary/aromatic N) is 1. The molecule has 3 saturated heterocycles. The summed E-state index contributed by atoms with van der Waals surface area (Å²) in [5.74, 6) is 0.550. The number of piperidine rings is 1. The molecule has 3 amide bonds. The Kier molecular flexibility index (Phi) is 2.21. The van der Waals surface area contributed by atoms with Gasteiger partial charge in [0, 0.05) is 19.0 Å². The number of hydrogen-bond donors (Lipinski definition) is 2. The van der Waals surface area contributed by atoms with E-state index in [0.29, 0.717) is 12.0 Å². The highest BCUT2D eigenvalue weighted by atomic mass is 16.6. The summed E-state index contributed by atoms with van der Waals surface area (Å²) < 4.78 is 5.08. The third-order valence-electron chi connectivity index (χ3n) is 4.00. The van der Waals surface area contributed by atoms with E-state index in [4.69, 9.17) is 4.74 Å². The number of hydrogen-bond acceptors (Lipinski definition) is 4. The van der Waals surface area contributed by atoms with Gasteiger partial charge in [0.15, 0.2) is 0 Å². The van der Waals surface area contributed by atoms with Crippen molar-refractivity contribution >= 4 is 12.1 Å². The van der Waals surface area contributed by atoms with Gasteiger partial charge in [-0.05, 0) is 33.1 Å². The van der Waals surface area contributed by atoms with Crippen molar-refractivity contribution in [3.63, 3.8) is 0 Å². The van der Waals surface area contributed by atoms with Gasteiger partial charge < -0.3 is 9.64 Å². The van der Waals surface area contributed by atoms with Crippen LogP contribution in [0.5, 0.6) is 0 Å². The standard InChI is InChI=1S/C12H19N3O3/c1-11(2,3)18-10(17)14-9(16)15-8-5-12(15)4-7(8)6-13-12/h7-8,13H,4-6H2,1-3H3,(H,14,16,17). The first-order valence-corrected chi connectivity index (χ1v) is 6.39. The maximum Gasteiger partial charge on any atom is 0.415 e. The number of alkyl carbamates (subject to hydrolysis) is 1. The number of carbonyl (C=O) groups is 2. The Hall–Kier alpha value is -1.30. The molecule has 2 N–H and O–H groups in total. The second-order valence-electron chi connectivity index (χ2n) is 6.45. The van der Waals surface area contributed by atoms with Crippen LogP contribution in [0.1, 0.15) is 33.6 Å². The topological polar surface area (TPSA) is 70.7 Å². The van der Waals surface area contributed by atoms with Crippen LogP contribution in [0.2, 0.25) is 0 Å². The Bertz CT molecular complexity index is 413. The zero-order valence-electron chi connectivity index (χ0n) is 10.9. The van der Waals surface area contributed by atoms with Crippen LogP contribution in [-0.4, -0.2) is 40.9 Å². The van der Waals surface area contributed by atoms with E-state index < -0.39 is 11.7 Å². The summed E-state index contributed by atoms with van der Waals surface area (Å²) in [6, 6.07) is -0.0381. The average molecular weight is 253 g/mol. The van der Waals surface area contributed by atoms with Crippen LogP contribution in [-0.2, 0) is 4.74 Å². The van der Waals surface area contributed by atoms with Crippen molar-refractivity contribution < 1.29 is 14.3 Å². The highest BCUT2D eigenvalue weighted by Gasteiger charge is 2.68. The Labute approximate surface area is 106 Å². The van der Waals surface area contributed by atoms with E-state index in [9.17, 15) is 9.59 Å². The van der Waals surface area contributed by atoms with E-state index in [1.807, 2.05) is 0 Å². The molecule has 1 spiro atoms. The summed E-state index contributed by atoms with van der Waals surface area (Å²) in [4.78, 5) is 25.4. The van der Waals surface area contributed by atoms with Crippen molar-refractivity contribution in [2.75, 3.05) is 6.54 Å². The number of urea groups is 1. The molecule has 0 aromatic rings. The van der Waals surface area contributed by atoms with Gasteiger partial charge in [0.1, 0.15) is 5.60 Å². The van der Waals surface area contributed by atoms with Gasteiger partial charge in [-0.15, -0.1) is 0 Å². The molecule has 3 bridgehead atoms. The summed E-state index contributed by atoms with van der Waals surface area (Å²) in [6.07, 6.45) is 1.35. The lowest BCUT2D eigenvalue weighted by Crippen LogP contribution is -2.73. The number of nitrogens with one attached hydrogen (secondary N) is 2. The van der Waals surface area contributed by atoms with Gasteiger partial charge in [0.25, 0.3) is 0 Å². The average Bonchev–Trinajstić information content (AvgIpc) is 2.77. The van der Waals surface area contributed by atoms with E-state index in [1.165, 1.54) is 0 Å².